The SMILES string of the molecule is CCC(C)(F)C(=O)OC1C2CC3C1OS(=O)(=O)C3C2. The molecule has 0 aromatic rings. The number of ether oxygens (including phenoxy) is 1. The van der Waals surface area contributed by atoms with Crippen LogP contribution in [0, 0.1) is 11.8 Å². The Morgan fingerprint density at radius 3 is 2.79 bits per heavy atom. The highest BCUT2D eigenvalue weighted by Crippen LogP contribution is 2.55. The quantitative estimate of drug-likeness (QED) is 0.577. The summed E-state index contributed by atoms with van der Waals surface area (Å²) in [6, 6.07) is 0. The van der Waals surface area contributed by atoms with Crippen LogP contribution in [0.5, 0.6) is 0 Å². The second-order valence-electron chi connectivity index (χ2n) is 5.91. The van der Waals surface area contributed by atoms with Gasteiger partial charge in [0.15, 0.2) is 0 Å². The molecule has 2 aliphatic carbocycles. The van der Waals surface area contributed by atoms with Gasteiger partial charge in [-0.3, -0.25) is 4.18 Å². The van der Waals surface area contributed by atoms with E-state index >= 15 is 0 Å². The third kappa shape index (κ3) is 1.81. The maximum absolute atomic E-state index is 13.9. The Labute approximate surface area is 111 Å². The third-order valence-corrected chi connectivity index (χ3v) is 6.52. The molecule has 19 heavy (non-hydrogen) atoms. The predicted octanol–water partition coefficient (Wildman–Crippen LogP) is 1.17. The molecule has 7 heteroatoms. The number of fused-ring (bicyclic) bond motifs is 1. The van der Waals surface area contributed by atoms with E-state index in [-0.39, 0.29) is 18.3 Å². The number of hydrogen-bond acceptors (Lipinski definition) is 5. The molecule has 1 heterocycles. The fourth-order valence-electron chi connectivity index (χ4n) is 3.43. The number of halogens is 1. The molecular formula is C12H17FO5S. The van der Waals surface area contributed by atoms with Crippen LogP contribution < -0.4 is 0 Å². The van der Waals surface area contributed by atoms with Crippen molar-refractivity contribution in [2.45, 2.75) is 56.2 Å². The van der Waals surface area contributed by atoms with Crippen molar-refractivity contribution in [3.63, 3.8) is 0 Å². The van der Waals surface area contributed by atoms with Gasteiger partial charge in [0, 0.05) is 11.8 Å². The molecular weight excluding hydrogens is 275 g/mol. The molecule has 0 amide bonds. The van der Waals surface area contributed by atoms with Crippen molar-refractivity contribution in [3.05, 3.63) is 0 Å². The van der Waals surface area contributed by atoms with Crippen LogP contribution in [0.1, 0.15) is 33.1 Å². The smallest absolute Gasteiger partial charge is 0.343 e. The van der Waals surface area contributed by atoms with Gasteiger partial charge in [0.2, 0.25) is 5.67 Å². The number of carbonyl (C=O) groups is 1. The van der Waals surface area contributed by atoms with Crippen LogP contribution in [0.2, 0.25) is 0 Å². The van der Waals surface area contributed by atoms with Crippen LogP contribution in [0.3, 0.4) is 0 Å². The van der Waals surface area contributed by atoms with Crippen molar-refractivity contribution in [2.24, 2.45) is 11.8 Å². The van der Waals surface area contributed by atoms with Crippen molar-refractivity contribution < 1.29 is 26.5 Å². The van der Waals surface area contributed by atoms with Crippen LogP contribution in [-0.2, 0) is 23.8 Å². The summed E-state index contributed by atoms with van der Waals surface area (Å²) in [6.07, 6.45) is -0.0601. The molecule has 0 aromatic carbocycles. The topological polar surface area (TPSA) is 69.7 Å². The van der Waals surface area contributed by atoms with Gasteiger partial charge in [-0.25, -0.2) is 9.18 Å². The molecule has 0 radical (unpaired) electrons. The first-order valence-electron chi connectivity index (χ1n) is 6.58. The molecule has 3 aliphatic rings. The lowest BCUT2D eigenvalue weighted by atomic mass is 9.94. The predicted molar refractivity (Wildman–Crippen MR) is 63.5 cm³/mol. The highest BCUT2D eigenvalue weighted by Gasteiger charge is 2.65. The molecule has 2 bridgehead atoms. The Morgan fingerprint density at radius 1 is 1.47 bits per heavy atom. The molecule has 6 atom stereocenters. The van der Waals surface area contributed by atoms with Crippen LogP contribution in [-0.4, -0.2) is 37.5 Å². The summed E-state index contributed by atoms with van der Waals surface area (Å²) < 4.78 is 47.6. The van der Waals surface area contributed by atoms with E-state index in [1.54, 1.807) is 6.92 Å². The molecule has 0 N–H and O–H groups in total. The van der Waals surface area contributed by atoms with E-state index in [0.717, 1.165) is 0 Å². The maximum atomic E-state index is 13.9. The summed E-state index contributed by atoms with van der Waals surface area (Å²) in [6.45, 7) is 2.74. The highest BCUT2D eigenvalue weighted by atomic mass is 32.2. The fraction of sp³-hybridized carbons (Fsp3) is 0.917. The highest BCUT2D eigenvalue weighted by molar-refractivity contribution is 7.87. The number of hydrogen-bond donors (Lipinski definition) is 0. The molecule has 6 unspecified atom stereocenters. The van der Waals surface area contributed by atoms with Gasteiger partial charge >= 0.3 is 5.97 Å². The van der Waals surface area contributed by atoms with Gasteiger partial charge in [0.25, 0.3) is 10.1 Å². The van der Waals surface area contributed by atoms with E-state index in [2.05, 4.69) is 0 Å². The van der Waals surface area contributed by atoms with E-state index in [1.807, 2.05) is 0 Å². The molecule has 3 fully saturated rings. The van der Waals surface area contributed by atoms with Gasteiger partial charge in [0.1, 0.15) is 12.2 Å². The summed E-state index contributed by atoms with van der Waals surface area (Å²) in [5.41, 5.74) is -2.03. The molecule has 0 aromatic heterocycles. The van der Waals surface area contributed by atoms with E-state index in [1.165, 1.54) is 6.92 Å². The first-order valence-corrected chi connectivity index (χ1v) is 8.05. The Hall–Kier alpha value is -0.690. The first kappa shape index (κ1) is 13.3. The summed E-state index contributed by atoms with van der Waals surface area (Å²) in [5, 5.41) is -0.458. The monoisotopic (exact) mass is 292 g/mol. The zero-order valence-electron chi connectivity index (χ0n) is 10.8. The third-order valence-electron chi connectivity index (χ3n) is 4.75. The van der Waals surface area contributed by atoms with Crippen LogP contribution >= 0.6 is 0 Å². The Kier molecular flexibility index (Phi) is 2.74. The lowest BCUT2D eigenvalue weighted by Gasteiger charge is -2.27. The minimum Gasteiger partial charge on any atom is -0.457 e. The fourth-order valence-corrected chi connectivity index (χ4v) is 5.32. The van der Waals surface area contributed by atoms with Gasteiger partial charge in [0.05, 0.1) is 5.25 Å². The Bertz CT molecular complexity index is 514. The minimum atomic E-state index is -3.53. The van der Waals surface area contributed by atoms with Crippen molar-refractivity contribution >= 4 is 16.1 Å². The molecule has 108 valence electrons. The first-order chi connectivity index (χ1) is 8.76. The zero-order valence-corrected chi connectivity index (χ0v) is 11.7. The largest absolute Gasteiger partial charge is 0.457 e. The van der Waals surface area contributed by atoms with E-state index in [4.69, 9.17) is 8.92 Å². The number of alkyl halides is 1. The summed E-state index contributed by atoms with van der Waals surface area (Å²) in [5.74, 6) is -1.04. The summed E-state index contributed by atoms with van der Waals surface area (Å²) in [4.78, 5) is 11.8. The zero-order chi connectivity index (χ0) is 14.0. The van der Waals surface area contributed by atoms with E-state index in [0.29, 0.717) is 12.8 Å². The standard InChI is InChI=1S/C12H17FO5S/c1-3-12(2,13)11(14)17-9-6-4-7-8(5-6)19(15,16)18-10(7)9/h6-10H,3-5H2,1-2H3. The second kappa shape index (κ2) is 3.91. The van der Waals surface area contributed by atoms with Crippen LogP contribution in [0.25, 0.3) is 0 Å². The number of esters is 1. The van der Waals surface area contributed by atoms with Crippen molar-refractivity contribution in [3.8, 4) is 0 Å². The molecule has 1 saturated heterocycles. The maximum Gasteiger partial charge on any atom is 0.343 e. The molecule has 1 aliphatic heterocycles. The van der Waals surface area contributed by atoms with E-state index < -0.39 is 39.2 Å². The van der Waals surface area contributed by atoms with Gasteiger partial charge in [-0.1, -0.05) is 6.92 Å². The van der Waals surface area contributed by atoms with Crippen LogP contribution in [0.15, 0.2) is 0 Å². The van der Waals surface area contributed by atoms with Crippen LogP contribution in [0.4, 0.5) is 4.39 Å². The van der Waals surface area contributed by atoms with Gasteiger partial charge in [-0.15, -0.1) is 0 Å². The minimum absolute atomic E-state index is 0.0196. The molecule has 3 rings (SSSR count). The molecule has 2 saturated carbocycles. The van der Waals surface area contributed by atoms with E-state index in [9.17, 15) is 17.6 Å². The summed E-state index contributed by atoms with van der Waals surface area (Å²) >= 11 is 0. The normalized spacial score (nSPS) is 45.1. The number of carbonyl (C=O) groups excluding carboxylic acids is 1. The van der Waals surface area contributed by atoms with Crippen molar-refractivity contribution in [1.82, 2.24) is 0 Å². The Morgan fingerprint density at radius 2 is 2.16 bits per heavy atom. The average molecular weight is 292 g/mol. The lowest BCUT2D eigenvalue weighted by Crippen LogP contribution is -2.42. The number of rotatable bonds is 3. The van der Waals surface area contributed by atoms with Gasteiger partial charge in [-0.05, 0) is 26.2 Å². The summed E-state index contributed by atoms with van der Waals surface area (Å²) in [7, 11) is -3.53. The van der Waals surface area contributed by atoms with Gasteiger partial charge < -0.3 is 4.74 Å². The van der Waals surface area contributed by atoms with Crippen molar-refractivity contribution in [2.75, 3.05) is 0 Å². The Balaban J connectivity index is 1.77. The molecule has 5 nitrogen and oxygen atoms in total. The average Bonchev–Trinajstić information content (AvgIpc) is 2.92. The lowest BCUT2D eigenvalue weighted by molar-refractivity contribution is -0.169. The van der Waals surface area contributed by atoms with Crippen molar-refractivity contribution in [1.29, 1.82) is 0 Å². The molecule has 0 spiro atoms. The van der Waals surface area contributed by atoms with Gasteiger partial charge in [-0.2, -0.15) is 8.42 Å². The second-order valence-corrected chi connectivity index (χ2v) is 7.69.